The van der Waals surface area contributed by atoms with Gasteiger partial charge in [0, 0.05) is 11.6 Å². The summed E-state index contributed by atoms with van der Waals surface area (Å²) in [6.07, 6.45) is 2.85. The second-order valence-electron chi connectivity index (χ2n) is 11.9. The number of sulfonamides is 1. The Balaban J connectivity index is 1.81. The van der Waals surface area contributed by atoms with Crippen LogP contribution in [-0.4, -0.2) is 30.9 Å². The molecule has 0 bridgehead atoms. The topological polar surface area (TPSA) is 124 Å². The summed E-state index contributed by atoms with van der Waals surface area (Å²) >= 11 is 0. The van der Waals surface area contributed by atoms with E-state index in [1.54, 1.807) is 12.1 Å². The van der Waals surface area contributed by atoms with Crippen molar-refractivity contribution in [2.24, 2.45) is 16.7 Å². The molecule has 2 aromatic heterocycles. The number of anilines is 1. The molecule has 0 atom stereocenters. The SMILES string of the molecule is CC(C)COc1cc(F)cc(-c2ccc(C(=O)NS(=O)(=O)c3cccc(N)n3)c(C3=CC(C)(C)CC3(C)C)n2)c1. The molecule has 1 aliphatic rings. The maximum absolute atomic E-state index is 14.6. The number of aromatic nitrogens is 2. The van der Waals surface area contributed by atoms with E-state index in [0.717, 1.165) is 12.0 Å². The fourth-order valence-electron chi connectivity index (χ4n) is 5.14. The van der Waals surface area contributed by atoms with Gasteiger partial charge in [-0.05, 0) is 65.1 Å². The number of nitrogens with zero attached hydrogens (tertiary/aromatic N) is 2. The smallest absolute Gasteiger partial charge is 0.281 e. The van der Waals surface area contributed by atoms with Crippen molar-refractivity contribution in [3.8, 4) is 17.0 Å². The molecule has 0 unspecified atom stereocenters. The first-order valence-electron chi connectivity index (χ1n) is 13.0. The second-order valence-corrected chi connectivity index (χ2v) is 13.5. The largest absolute Gasteiger partial charge is 0.493 e. The lowest BCUT2D eigenvalue weighted by Crippen LogP contribution is -2.32. The van der Waals surface area contributed by atoms with E-state index in [2.05, 4.69) is 43.5 Å². The fourth-order valence-corrected chi connectivity index (χ4v) is 6.08. The number of amides is 1. The number of benzene rings is 1. The average Bonchev–Trinajstić information content (AvgIpc) is 3.08. The Bertz CT molecular complexity index is 1600. The highest BCUT2D eigenvalue weighted by molar-refractivity contribution is 7.90. The lowest BCUT2D eigenvalue weighted by atomic mass is 9.79. The number of carbonyl (C=O) groups is 1. The van der Waals surface area contributed by atoms with E-state index >= 15 is 0 Å². The van der Waals surface area contributed by atoms with E-state index < -0.39 is 21.7 Å². The van der Waals surface area contributed by atoms with Gasteiger partial charge in [-0.15, -0.1) is 0 Å². The standard InChI is InChI=1S/C30H35FN4O4S/c1-18(2)16-39-21-13-19(12-20(31)14-21)24-11-10-22(27(33-24)23-15-29(3,4)17-30(23,5)6)28(36)35-40(37,38)26-9-7-8-25(32)34-26/h7-15,18H,16-17H2,1-6H3,(H2,32,34)(H,35,36). The van der Waals surface area contributed by atoms with Gasteiger partial charge in [0.25, 0.3) is 15.9 Å². The van der Waals surface area contributed by atoms with Crippen LogP contribution in [0.15, 0.2) is 59.6 Å². The number of carbonyl (C=O) groups excluding carboxylic acids is 1. The molecule has 212 valence electrons. The number of allylic oxidation sites excluding steroid dienone is 2. The van der Waals surface area contributed by atoms with Crippen LogP contribution in [-0.2, 0) is 10.0 Å². The minimum absolute atomic E-state index is 0.00830. The summed E-state index contributed by atoms with van der Waals surface area (Å²) in [6, 6.07) is 11.6. The molecule has 1 aliphatic carbocycles. The van der Waals surface area contributed by atoms with E-state index in [4.69, 9.17) is 15.5 Å². The van der Waals surface area contributed by atoms with Crippen LogP contribution >= 0.6 is 0 Å². The van der Waals surface area contributed by atoms with Crippen LogP contribution in [0.25, 0.3) is 16.8 Å². The summed E-state index contributed by atoms with van der Waals surface area (Å²) in [7, 11) is -4.31. The molecule has 0 radical (unpaired) electrons. The summed E-state index contributed by atoms with van der Waals surface area (Å²) in [5.41, 5.74) is 7.19. The van der Waals surface area contributed by atoms with Crippen molar-refractivity contribution in [1.82, 2.24) is 14.7 Å². The summed E-state index contributed by atoms with van der Waals surface area (Å²) in [5.74, 6) is -0.707. The Kier molecular flexibility index (Phi) is 7.77. The van der Waals surface area contributed by atoms with Crippen molar-refractivity contribution in [3.05, 3.63) is 71.7 Å². The summed E-state index contributed by atoms with van der Waals surface area (Å²) < 4.78 is 48.4. The molecule has 3 N–H and O–H groups in total. The predicted molar refractivity (Wildman–Crippen MR) is 153 cm³/mol. The van der Waals surface area contributed by atoms with Gasteiger partial charge >= 0.3 is 0 Å². The molecule has 4 rings (SSSR count). The van der Waals surface area contributed by atoms with Crippen molar-refractivity contribution in [2.45, 2.75) is 53.0 Å². The first kappa shape index (κ1) is 29.2. The summed E-state index contributed by atoms with van der Waals surface area (Å²) in [4.78, 5) is 22.1. The Hall–Kier alpha value is -3.79. The van der Waals surface area contributed by atoms with E-state index in [9.17, 15) is 17.6 Å². The number of halogens is 1. The molecular weight excluding hydrogens is 531 g/mol. The third-order valence-electron chi connectivity index (χ3n) is 6.55. The molecular formula is C30H35FN4O4S. The Morgan fingerprint density at radius 2 is 1.82 bits per heavy atom. The number of pyridine rings is 2. The first-order valence-corrected chi connectivity index (χ1v) is 14.5. The maximum Gasteiger partial charge on any atom is 0.281 e. The lowest BCUT2D eigenvalue weighted by molar-refractivity contribution is 0.0980. The molecule has 0 aliphatic heterocycles. The molecule has 10 heteroatoms. The predicted octanol–water partition coefficient (Wildman–Crippen LogP) is 5.86. The normalized spacial score (nSPS) is 16.1. The maximum atomic E-state index is 14.6. The van der Waals surface area contributed by atoms with E-state index in [-0.39, 0.29) is 33.2 Å². The lowest BCUT2D eigenvalue weighted by Gasteiger charge is -2.26. The van der Waals surface area contributed by atoms with E-state index in [1.165, 1.54) is 36.4 Å². The highest BCUT2D eigenvalue weighted by Crippen LogP contribution is 2.52. The number of ether oxygens (including phenoxy) is 1. The highest BCUT2D eigenvalue weighted by Gasteiger charge is 2.40. The van der Waals surface area contributed by atoms with Crippen LogP contribution in [0.1, 0.15) is 64.0 Å². The monoisotopic (exact) mass is 566 g/mol. The van der Waals surface area contributed by atoms with Gasteiger partial charge in [0.1, 0.15) is 17.4 Å². The molecule has 0 fully saturated rings. The molecule has 1 aromatic carbocycles. The van der Waals surface area contributed by atoms with Gasteiger partial charge in [-0.1, -0.05) is 53.7 Å². The zero-order valence-electron chi connectivity index (χ0n) is 23.6. The van der Waals surface area contributed by atoms with Crippen LogP contribution in [0.3, 0.4) is 0 Å². The number of nitrogens with two attached hydrogens (primary N) is 1. The minimum Gasteiger partial charge on any atom is -0.493 e. The Morgan fingerprint density at radius 3 is 2.45 bits per heavy atom. The fraction of sp³-hybridized carbons (Fsp3) is 0.367. The summed E-state index contributed by atoms with van der Waals surface area (Å²) in [5, 5.41) is -0.373. The number of hydrogen-bond donors (Lipinski definition) is 2. The van der Waals surface area contributed by atoms with E-state index in [0.29, 0.717) is 29.3 Å². The molecule has 40 heavy (non-hydrogen) atoms. The Labute approximate surface area is 234 Å². The van der Waals surface area contributed by atoms with Gasteiger partial charge in [-0.3, -0.25) is 4.79 Å². The third kappa shape index (κ3) is 6.50. The van der Waals surface area contributed by atoms with Gasteiger partial charge in [0.2, 0.25) is 0 Å². The first-order chi connectivity index (χ1) is 18.6. The van der Waals surface area contributed by atoms with Gasteiger partial charge in [0.05, 0.1) is 23.6 Å². The van der Waals surface area contributed by atoms with Crippen molar-refractivity contribution in [1.29, 1.82) is 0 Å². The van der Waals surface area contributed by atoms with Gasteiger partial charge in [-0.2, -0.15) is 8.42 Å². The summed E-state index contributed by atoms with van der Waals surface area (Å²) in [6.45, 7) is 12.7. The van der Waals surface area contributed by atoms with Gasteiger partial charge in [0.15, 0.2) is 5.03 Å². The Morgan fingerprint density at radius 1 is 1.10 bits per heavy atom. The van der Waals surface area contributed by atoms with Crippen LogP contribution in [0.2, 0.25) is 0 Å². The zero-order valence-corrected chi connectivity index (χ0v) is 24.4. The number of nitrogen functional groups attached to an aromatic ring is 1. The molecule has 8 nitrogen and oxygen atoms in total. The van der Waals surface area contributed by atoms with Crippen molar-refractivity contribution < 1.29 is 22.3 Å². The number of hydrogen-bond acceptors (Lipinski definition) is 7. The van der Waals surface area contributed by atoms with Crippen LogP contribution < -0.4 is 15.2 Å². The van der Waals surface area contributed by atoms with Gasteiger partial charge in [-0.25, -0.2) is 19.1 Å². The van der Waals surface area contributed by atoms with Crippen molar-refractivity contribution in [3.63, 3.8) is 0 Å². The van der Waals surface area contributed by atoms with Crippen LogP contribution in [0.4, 0.5) is 10.2 Å². The third-order valence-corrected chi connectivity index (χ3v) is 7.79. The second kappa shape index (κ2) is 10.6. The minimum atomic E-state index is -4.31. The van der Waals surface area contributed by atoms with Crippen molar-refractivity contribution in [2.75, 3.05) is 12.3 Å². The molecule has 2 heterocycles. The number of rotatable bonds is 8. The molecule has 0 spiro atoms. The van der Waals surface area contributed by atoms with Crippen LogP contribution in [0, 0.1) is 22.6 Å². The molecule has 3 aromatic rings. The highest BCUT2D eigenvalue weighted by atomic mass is 32.2. The number of nitrogens with one attached hydrogen (secondary N) is 1. The van der Waals surface area contributed by atoms with Crippen LogP contribution in [0.5, 0.6) is 5.75 Å². The quantitative estimate of drug-likeness (QED) is 0.350. The average molecular weight is 567 g/mol. The van der Waals surface area contributed by atoms with E-state index in [1.807, 2.05) is 13.8 Å². The molecule has 1 amide bonds. The molecule has 0 saturated heterocycles. The van der Waals surface area contributed by atoms with Gasteiger partial charge < -0.3 is 10.5 Å². The molecule has 0 saturated carbocycles. The zero-order chi connectivity index (χ0) is 29.5. The van der Waals surface area contributed by atoms with Crippen molar-refractivity contribution >= 4 is 27.3 Å².